The van der Waals surface area contributed by atoms with Crippen LogP contribution in [0.25, 0.3) is 11.0 Å². The number of carbonyl (C=O) groups is 2. The van der Waals surface area contributed by atoms with Crippen LogP contribution in [0.3, 0.4) is 0 Å². The van der Waals surface area contributed by atoms with Crippen molar-refractivity contribution in [2.75, 3.05) is 26.2 Å². The molecule has 0 radical (unpaired) electrons. The summed E-state index contributed by atoms with van der Waals surface area (Å²) in [4.78, 5) is 38.4. The molecular weight excluding hydrogens is 491 g/mol. The van der Waals surface area contributed by atoms with Gasteiger partial charge in [0.05, 0.1) is 11.0 Å². The van der Waals surface area contributed by atoms with Gasteiger partial charge in [0.1, 0.15) is 17.2 Å². The number of amides is 1. The third-order valence-electron chi connectivity index (χ3n) is 5.69. The highest BCUT2D eigenvalue weighted by Crippen LogP contribution is 2.24. The third-order valence-corrected chi connectivity index (χ3v) is 5.69. The summed E-state index contributed by atoms with van der Waals surface area (Å²) < 4.78 is 60.9. The monoisotopic (exact) mass is 514 g/mol. The predicted octanol–water partition coefficient (Wildman–Crippen LogP) is 3.31. The van der Waals surface area contributed by atoms with E-state index in [9.17, 15) is 31.5 Å². The van der Waals surface area contributed by atoms with Crippen molar-refractivity contribution in [1.82, 2.24) is 19.8 Å². The zero-order chi connectivity index (χ0) is 26.5. The lowest BCUT2D eigenvalue weighted by atomic mass is 10.0. The van der Waals surface area contributed by atoms with Gasteiger partial charge < -0.3 is 20.3 Å². The molecule has 1 aliphatic rings. The Morgan fingerprint density at radius 3 is 2.19 bits per heavy atom. The highest BCUT2D eigenvalue weighted by molar-refractivity contribution is 5.94. The van der Waals surface area contributed by atoms with E-state index in [2.05, 4.69) is 15.2 Å². The van der Waals surface area contributed by atoms with Gasteiger partial charge in [-0.05, 0) is 37.1 Å². The second-order valence-electron chi connectivity index (χ2n) is 8.05. The summed E-state index contributed by atoms with van der Waals surface area (Å²) in [5.41, 5.74) is 1.10. The van der Waals surface area contributed by atoms with Gasteiger partial charge in [0, 0.05) is 32.2 Å². The number of para-hydroxylation sites is 2. The second kappa shape index (κ2) is 11.3. The van der Waals surface area contributed by atoms with E-state index >= 15 is 0 Å². The topological polar surface area (TPSA) is 107 Å². The molecule has 2 heterocycles. The number of rotatable bonds is 5. The highest BCUT2D eigenvalue weighted by atomic mass is 19.4. The number of benzene rings is 2. The Morgan fingerprint density at radius 2 is 1.61 bits per heavy atom. The maximum Gasteiger partial charge on any atom is 0.490 e. The third kappa shape index (κ3) is 6.47. The number of carbonyl (C=O) groups excluding carboxylic acids is 1. The largest absolute Gasteiger partial charge is 0.490 e. The molecule has 1 fully saturated rings. The Balaban J connectivity index is 0.000000454. The van der Waals surface area contributed by atoms with Crippen LogP contribution in [0.5, 0.6) is 0 Å². The van der Waals surface area contributed by atoms with E-state index in [1.165, 1.54) is 6.07 Å². The Labute approximate surface area is 201 Å². The molecule has 36 heavy (non-hydrogen) atoms. The van der Waals surface area contributed by atoms with Crippen LogP contribution in [0.1, 0.15) is 29.2 Å². The molecule has 194 valence electrons. The maximum atomic E-state index is 13.7. The van der Waals surface area contributed by atoms with Crippen molar-refractivity contribution in [3.05, 3.63) is 70.1 Å². The maximum absolute atomic E-state index is 13.7. The van der Waals surface area contributed by atoms with Crippen LogP contribution in [0.4, 0.5) is 22.0 Å². The number of alkyl halides is 3. The summed E-state index contributed by atoms with van der Waals surface area (Å²) in [5, 5.41) is 9.70. The molecular formula is C23H23F5N4O4. The van der Waals surface area contributed by atoms with Crippen molar-refractivity contribution in [3.63, 3.8) is 0 Å². The molecule has 0 atom stereocenters. The molecule has 0 aliphatic carbocycles. The van der Waals surface area contributed by atoms with Gasteiger partial charge in [0.15, 0.2) is 0 Å². The lowest BCUT2D eigenvalue weighted by Crippen LogP contribution is -2.41. The minimum atomic E-state index is -5.08. The average Bonchev–Trinajstić information content (AvgIpc) is 3.15. The Bertz CT molecular complexity index is 1260. The number of aromatic amines is 1. The minimum Gasteiger partial charge on any atom is -0.475 e. The van der Waals surface area contributed by atoms with E-state index in [0.29, 0.717) is 13.1 Å². The van der Waals surface area contributed by atoms with Crippen LogP contribution in [-0.4, -0.2) is 63.8 Å². The molecule has 1 aromatic heterocycles. The highest BCUT2D eigenvalue weighted by Gasteiger charge is 2.38. The van der Waals surface area contributed by atoms with Gasteiger partial charge in [0.2, 0.25) is 0 Å². The van der Waals surface area contributed by atoms with Crippen molar-refractivity contribution < 1.29 is 36.6 Å². The van der Waals surface area contributed by atoms with Gasteiger partial charge in [-0.15, -0.1) is 0 Å². The number of H-pyrrole nitrogens is 1. The fraction of sp³-hybridized carbons (Fsp3) is 0.348. The fourth-order valence-corrected chi connectivity index (χ4v) is 3.97. The number of aromatic nitrogens is 2. The number of hydrogen-bond donors (Lipinski definition) is 3. The number of nitrogens with zero attached hydrogens (tertiary/aromatic N) is 2. The van der Waals surface area contributed by atoms with E-state index < -0.39 is 35.3 Å². The van der Waals surface area contributed by atoms with Crippen molar-refractivity contribution >= 4 is 22.9 Å². The average molecular weight is 514 g/mol. The number of aliphatic carboxylic acids is 1. The number of halogens is 5. The molecule has 1 aliphatic heterocycles. The Hall–Kier alpha value is -3.74. The minimum absolute atomic E-state index is 0.0937. The van der Waals surface area contributed by atoms with Crippen LogP contribution in [-0.2, 0) is 4.79 Å². The number of hydrogen-bond acceptors (Lipinski definition) is 4. The first-order chi connectivity index (χ1) is 17.0. The molecule has 8 nitrogen and oxygen atoms in total. The number of imidazole rings is 1. The summed E-state index contributed by atoms with van der Waals surface area (Å²) in [5.74, 6) is -5.24. The second-order valence-corrected chi connectivity index (χ2v) is 8.05. The standard InChI is InChI=1S/C21H22F2N4O2.C2HF3O2/c22-15-4-3-5-16(23)19(15)20(28)24-10-13-26-11-8-14(9-12-26)27-18-7-2-1-6-17(18)25-21(27)29;3-2(4,5)1(6)7/h1-7,14H,8-13H2,(H,24,28)(H,25,29);(H,6,7). The summed E-state index contributed by atoms with van der Waals surface area (Å²) >= 11 is 0. The first kappa shape index (κ1) is 26.9. The Kier molecular flexibility index (Phi) is 8.45. The number of likely N-dealkylation sites (tertiary alicyclic amines) is 1. The summed E-state index contributed by atoms with van der Waals surface area (Å²) in [6.07, 6.45) is -3.45. The number of fused-ring (bicyclic) bond motifs is 1. The molecule has 0 bridgehead atoms. The van der Waals surface area contributed by atoms with Gasteiger partial charge in [-0.1, -0.05) is 18.2 Å². The first-order valence-electron chi connectivity index (χ1n) is 10.9. The van der Waals surface area contributed by atoms with Gasteiger partial charge in [-0.25, -0.2) is 18.4 Å². The van der Waals surface area contributed by atoms with Gasteiger partial charge in [0.25, 0.3) is 5.91 Å². The molecule has 2 aromatic carbocycles. The molecule has 1 saturated heterocycles. The number of nitrogens with one attached hydrogen (secondary N) is 2. The predicted molar refractivity (Wildman–Crippen MR) is 120 cm³/mol. The zero-order valence-corrected chi connectivity index (χ0v) is 18.8. The molecule has 0 saturated carbocycles. The van der Waals surface area contributed by atoms with Crippen LogP contribution < -0.4 is 11.0 Å². The van der Waals surface area contributed by atoms with E-state index in [1.54, 1.807) is 0 Å². The van der Waals surface area contributed by atoms with Crippen molar-refractivity contribution in [1.29, 1.82) is 0 Å². The van der Waals surface area contributed by atoms with Crippen molar-refractivity contribution in [3.8, 4) is 0 Å². The lowest BCUT2D eigenvalue weighted by Gasteiger charge is -2.32. The van der Waals surface area contributed by atoms with E-state index in [4.69, 9.17) is 9.90 Å². The van der Waals surface area contributed by atoms with Crippen LogP contribution >= 0.6 is 0 Å². The van der Waals surface area contributed by atoms with Crippen molar-refractivity contribution in [2.45, 2.75) is 25.1 Å². The van der Waals surface area contributed by atoms with Gasteiger partial charge in [-0.2, -0.15) is 13.2 Å². The fourth-order valence-electron chi connectivity index (χ4n) is 3.97. The van der Waals surface area contributed by atoms with Crippen LogP contribution in [0.15, 0.2) is 47.3 Å². The lowest BCUT2D eigenvalue weighted by molar-refractivity contribution is -0.192. The summed E-state index contributed by atoms with van der Waals surface area (Å²) in [6.45, 7) is 2.43. The molecule has 13 heteroatoms. The SMILES string of the molecule is O=C(NCCN1CCC(n2c(=O)[nH]c3ccccc32)CC1)c1c(F)cccc1F.O=C(O)C(F)(F)F. The van der Waals surface area contributed by atoms with E-state index in [-0.39, 0.29) is 11.7 Å². The normalized spacial score (nSPS) is 14.8. The van der Waals surface area contributed by atoms with E-state index in [0.717, 1.165) is 49.1 Å². The molecule has 0 spiro atoms. The summed E-state index contributed by atoms with van der Waals surface area (Å²) in [6, 6.07) is 11.1. The molecule has 0 unspecified atom stereocenters. The van der Waals surface area contributed by atoms with Crippen LogP contribution in [0, 0.1) is 11.6 Å². The number of carboxylic acids is 1. The molecule has 1 amide bonds. The quantitative estimate of drug-likeness (QED) is 0.453. The first-order valence-corrected chi connectivity index (χ1v) is 10.9. The van der Waals surface area contributed by atoms with Crippen LogP contribution in [0.2, 0.25) is 0 Å². The molecule has 3 N–H and O–H groups in total. The number of piperidine rings is 1. The zero-order valence-electron chi connectivity index (χ0n) is 18.8. The van der Waals surface area contributed by atoms with Gasteiger partial charge in [-0.3, -0.25) is 9.36 Å². The molecule has 3 aromatic rings. The van der Waals surface area contributed by atoms with Gasteiger partial charge >= 0.3 is 17.8 Å². The number of carboxylic acid groups (broad SMARTS) is 1. The van der Waals surface area contributed by atoms with E-state index in [1.807, 2.05) is 28.8 Å². The molecule has 4 rings (SSSR count). The van der Waals surface area contributed by atoms with Crippen molar-refractivity contribution in [2.24, 2.45) is 0 Å². The smallest absolute Gasteiger partial charge is 0.475 e. The Morgan fingerprint density at radius 1 is 1.03 bits per heavy atom. The summed E-state index contributed by atoms with van der Waals surface area (Å²) in [7, 11) is 0.